The van der Waals surface area contributed by atoms with Crippen molar-refractivity contribution in [3.63, 3.8) is 0 Å². The number of hydrogen-bond acceptors (Lipinski definition) is 3. The summed E-state index contributed by atoms with van der Waals surface area (Å²) in [7, 11) is 1.65. The predicted molar refractivity (Wildman–Crippen MR) is 83.1 cm³/mol. The first-order chi connectivity index (χ1) is 8.83. The third kappa shape index (κ3) is 5.83. The van der Waals surface area contributed by atoms with Gasteiger partial charge in [-0.2, -0.15) is 0 Å². The van der Waals surface area contributed by atoms with Gasteiger partial charge in [0.2, 0.25) is 0 Å². The molecule has 0 heterocycles. The Kier molecular flexibility index (Phi) is 6.14. The van der Waals surface area contributed by atoms with Crippen molar-refractivity contribution in [1.82, 2.24) is 5.32 Å². The van der Waals surface area contributed by atoms with Gasteiger partial charge >= 0.3 is 0 Å². The Morgan fingerprint density at radius 2 is 2.00 bits per heavy atom. The average Bonchev–Trinajstić information content (AvgIpc) is 2.33. The number of rotatable bonds is 6. The largest absolute Gasteiger partial charge is 0.493 e. The second kappa shape index (κ2) is 7.15. The number of nitrogens with one attached hydrogen (secondary N) is 1. The van der Waals surface area contributed by atoms with Gasteiger partial charge in [-0.25, -0.2) is 0 Å². The van der Waals surface area contributed by atoms with E-state index >= 15 is 0 Å². The Morgan fingerprint density at radius 1 is 1.32 bits per heavy atom. The molecule has 1 rings (SSSR count). The summed E-state index contributed by atoms with van der Waals surface area (Å²) >= 11 is 3.49. The third-order valence-electron chi connectivity index (χ3n) is 2.64. The predicted octanol–water partition coefficient (Wildman–Crippen LogP) is 3.86. The summed E-state index contributed by atoms with van der Waals surface area (Å²) in [5, 5.41) is 3.48. The summed E-state index contributed by atoms with van der Waals surface area (Å²) in [5.41, 5.74) is 0.138. The van der Waals surface area contributed by atoms with Gasteiger partial charge in [-0.15, -0.1) is 0 Å². The molecule has 0 fully saturated rings. The summed E-state index contributed by atoms with van der Waals surface area (Å²) in [6, 6.07) is 5.79. The van der Waals surface area contributed by atoms with Gasteiger partial charge in [0, 0.05) is 18.0 Å². The maximum absolute atomic E-state index is 5.87. The Labute approximate surface area is 124 Å². The van der Waals surface area contributed by atoms with Gasteiger partial charge in [-0.1, -0.05) is 13.0 Å². The lowest BCUT2D eigenvalue weighted by atomic mass is 10.1. The highest BCUT2D eigenvalue weighted by atomic mass is 79.9. The van der Waals surface area contributed by atoms with Gasteiger partial charge in [0.05, 0.1) is 18.2 Å². The molecule has 1 atom stereocenters. The molecule has 0 saturated heterocycles. The zero-order valence-electron chi connectivity index (χ0n) is 12.4. The van der Waals surface area contributed by atoms with E-state index in [0.717, 1.165) is 22.5 Å². The summed E-state index contributed by atoms with van der Waals surface area (Å²) in [4.78, 5) is 0. The minimum absolute atomic E-state index is 0.138. The van der Waals surface area contributed by atoms with E-state index in [1.165, 1.54) is 0 Å². The highest BCUT2D eigenvalue weighted by molar-refractivity contribution is 9.10. The van der Waals surface area contributed by atoms with Crippen LogP contribution >= 0.6 is 15.9 Å². The van der Waals surface area contributed by atoms with E-state index in [0.29, 0.717) is 12.5 Å². The molecule has 0 saturated carbocycles. The van der Waals surface area contributed by atoms with Gasteiger partial charge in [-0.3, -0.25) is 0 Å². The second-order valence-electron chi connectivity index (χ2n) is 5.82. The Balaban J connectivity index is 2.53. The fraction of sp³-hybridized carbons (Fsp3) is 0.600. The monoisotopic (exact) mass is 329 g/mol. The van der Waals surface area contributed by atoms with E-state index in [1.54, 1.807) is 7.11 Å². The van der Waals surface area contributed by atoms with E-state index in [9.17, 15) is 0 Å². The number of para-hydroxylation sites is 1. The molecule has 0 spiro atoms. The molecule has 0 aliphatic rings. The van der Waals surface area contributed by atoms with Crippen LogP contribution in [0.2, 0.25) is 0 Å². The van der Waals surface area contributed by atoms with Crippen molar-refractivity contribution >= 4 is 15.9 Å². The molecule has 0 bridgehead atoms. The van der Waals surface area contributed by atoms with Crippen molar-refractivity contribution in [2.45, 2.75) is 33.2 Å². The molecule has 3 nitrogen and oxygen atoms in total. The molecular formula is C15H24BrNO2. The van der Waals surface area contributed by atoms with Gasteiger partial charge in [0.25, 0.3) is 0 Å². The highest BCUT2D eigenvalue weighted by Gasteiger charge is 2.13. The van der Waals surface area contributed by atoms with Gasteiger partial charge in [0.1, 0.15) is 0 Å². The zero-order chi connectivity index (χ0) is 14.5. The average molecular weight is 330 g/mol. The molecule has 108 valence electrons. The number of halogens is 1. The molecule has 0 aliphatic carbocycles. The van der Waals surface area contributed by atoms with E-state index in [1.807, 2.05) is 18.2 Å². The van der Waals surface area contributed by atoms with E-state index in [-0.39, 0.29) is 5.54 Å². The van der Waals surface area contributed by atoms with Gasteiger partial charge in [-0.05, 0) is 48.8 Å². The van der Waals surface area contributed by atoms with E-state index in [4.69, 9.17) is 9.47 Å². The molecule has 1 aromatic carbocycles. The summed E-state index contributed by atoms with van der Waals surface area (Å²) in [6.07, 6.45) is 0. The van der Waals surface area contributed by atoms with Crippen LogP contribution in [0.1, 0.15) is 27.7 Å². The maximum atomic E-state index is 5.87. The second-order valence-corrected chi connectivity index (χ2v) is 6.67. The lowest BCUT2D eigenvalue weighted by molar-refractivity contribution is 0.233. The first-order valence-corrected chi connectivity index (χ1v) is 7.33. The van der Waals surface area contributed by atoms with Crippen LogP contribution in [0.5, 0.6) is 11.5 Å². The highest BCUT2D eigenvalue weighted by Crippen LogP contribution is 2.35. The molecule has 0 aromatic heterocycles. The van der Waals surface area contributed by atoms with Crippen molar-refractivity contribution < 1.29 is 9.47 Å². The lowest BCUT2D eigenvalue weighted by Crippen LogP contribution is -2.39. The quantitative estimate of drug-likeness (QED) is 0.859. The van der Waals surface area contributed by atoms with Crippen molar-refractivity contribution in [3.05, 3.63) is 22.7 Å². The standard InChI is InChI=1S/C15H24BrNO2/c1-11(9-17-15(2,3)4)10-19-14-12(16)7-6-8-13(14)18-5/h6-8,11,17H,9-10H2,1-5H3. The molecule has 1 N–H and O–H groups in total. The number of benzene rings is 1. The summed E-state index contributed by atoms with van der Waals surface area (Å²) in [5.74, 6) is 1.95. The van der Waals surface area contributed by atoms with Crippen LogP contribution in [0.3, 0.4) is 0 Å². The molecule has 1 aromatic rings. The summed E-state index contributed by atoms with van der Waals surface area (Å²) in [6.45, 7) is 10.2. The molecule has 4 heteroatoms. The molecule has 0 radical (unpaired) electrons. The topological polar surface area (TPSA) is 30.5 Å². The summed E-state index contributed by atoms with van der Waals surface area (Å²) < 4.78 is 12.1. The zero-order valence-corrected chi connectivity index (χ0v) is 14.0. The van der Waals surface area contributed by atoms with Gasteiger partial charge in [0.15, 0.2) is 11.5 Å². The molecule has 19 heavy (non-hydrogen) atoms. The molecular weight excluding hydrogens is 306 g/mol. The van der Waals surface area contributed by atoms with Crippen LogP contribution in [0, 0.1) is 5.92 Å². The number of hydrogen-bond donors (Lipinski definition) is 1. The third-order valence-corrected chi connectivity index (χ3v) is 3.27. The normalized spacial score (nSPS) is 13.2. The van der Waals surface area contributed by atoms with Crippen molar-refractivity contribution in [3.8, 4) is 11.5 Å². The number of methoxy groups -OCH3 is 1. The van der Waals surface area contributed by atoms with Crippen molar-refractivity contribution in [2.75, 3.05) is 20.3 Å². The van der Waals surface area contributed by atoms with Crippen LogP contribution in [-0.2, 0) is 0 Å². The van der Waals surface area contributed by atoms with Crippen LogP contribution < -0.4 is 14.8 Å². The van der Waals surface area contributed by atoms with Crippen LogP contribution in [-0.4, -0.2) is 25.8 Å². The van der Waals surface area contributed by atoms with Crippen molar-refractivity contribution in [1.29, 1.82) is 0 Å². The van der Waals surface area contributed by atoms with Crippen molar-refractivity contribution in [2.24, 2.45) is 5.92 Å². The first kappa shape index (κ1) is 16.3. The smallest absolute Gasteiger partial charge is 0.175 e. The van der Waals surface area contributed by atoms with Gasteiger partial charge < -0.3 is 14.8 Å². The van der Waals surface area contributed by atoms with Crippen LogP contribution in [0.4, 0.5) is 0 Å². The fourth-order valence-corrected chi connectivity index (χ4v) is 2.02. The molecule has 0 amide bonds. The van der Waals surface area contributed by atoms with E-state index < -0.39 is 0 Å². The van der Waals surface area contributed by atoms with Crippen LogP contribution in [0.25, 0.3) is 0 Å². The maximum Gasteiger partial charge on any atom is 0.175 e. The Bertz CT molecular complexity index is 402. The first-order valence-electron chi connectivity index (χ1n) is 6.54. The lowest BCUT2D eigenvalue weighted by Gasteiger charge is -2.23. The Hall–Kier alpha value is -0.740. The minimum Gasteiger partial charge on any atom is -0.493 e. The molecule has 1 unspecified atom stereocenters. The Morgan fingerprint density at radius 3 is 2.58 bits per heavy atom. The number of ether oxygens (including phenoxy) is 2. The minimum atomic E-state index is 0.138. The van der Waals surface area contributed by atoms with E-state index in [2.05, 4.69) is 48.9 Å². The SMILES string of the molecule is COc1cccc(Br)c1OCC(C)CNC(C)(C)C. The fourth-order valence-electron chi connectivity index (χ4n) is 1.55. The van der Waals surface area contributed by atoms with Crippen LogP contribution in [0.15, 0.2) is 22.7 Å². The molecule has 0 aliphatic heterocycles.